The molecule has 1 spiro atoms. The molecule has 0 amide bonds. The summed E-state index contributed by atoms with van der Waals surface area (Å²) in [5, 5.41) is 12.4. The fraction of sp³-hybridized carbons (Fsp3) is 0.800. The van der Waals surface area contributed by atoms with Crippen molar-refractivity contribution in [2.24, 2.45) is 23.2 Å². The summed E-state index contributed by atoms with van der Waals surface area (Å²) in [6.45, 7) is 4.25. The van der Waals surface area contributed by atoms with Gasteiger partial charge in [-0.15, -0.1) is 0 Å². The largest absolute Gasteiger partial charge is 0.511 e. The molecule has 2 heterocycles. The van der Waals surface area contributed by atoms with Crippen LogP contribution in [0.2, 0.25) is 0 Å². The molecule has 8 heteroatoms. The van der Waals surface area contributed by atoms with Crippen LogP contribution in [0.15, 0.2) is 35.8 Å². The first-order valence-electron chi connectivity index (χ1n) is 19.6. The van der Waals surface area contributed by atoms with Crippen molar-refractivity contribution in [2.75, 3.05) is 26.5 Å². The summed E-state index contributed by atoms with van der Waals surface area (Å²) in [4.78, 5) is 28.0. The van der Waals surface area contributed by atoms with Crippen LogP contribution in [0.1, 0.15) is 135 Å². The zero-order valence-electron chi connectivity index (χ0n) is 29.5. The van der Waals surface area contributed by atoms with Gasteiger partial charge in [-0.25, -0.2) is 4.79 Å². The fourth-order valence-electron chi connectivity index (χ4n) is 9.66. The molecule has 0 aromatic rings. The lowest BCUT2D eigenvalue weighted by Gasteiger charge is -2.65. The summed E-state index contributed by atoms with van der Waals surface area (Å²) >= 11 is 0. The molecular weight excluding hydrogens is 606 g/mol. The Morgan fingerprint density at radius 1 is 0.979 bits per heavy atom. The molecule has 0 aromatic carbocycles. The van der Waals surface area contributed by atoms with Crippen LogP contribution in [0.25, 0.3) is 0 Å². The van der Waals surface area contributed by atoms with E-state index in [0.717, 1.165) is 51.1 Å². The van der Waals surface area contributed by atoms with Crippen molar-refractivity contribution in [3.05, 3.63) is 35.8 Å². The van der Waals surface area contributed by atoms with Gasteiger partial charge in [-0.2, -0.15) is 0 Å². The van der Waals surface area contributed by atoms with E-state index >= 15 is 0 Å². The van der Waals surface area contributed by atoms with Gasteiger partial charge in [-0.1, -0.05) is 82.9 Å². The van der Waals surface area contributed by atoms with Crippen molar-refractivity contribution in [3.8, 4) is 0 Å². The second kappa shape index (κ2) is 16.6. The molecule has 3 unspecified atom stereocenters. The Hall–Kier alpha value is -2.32. The number of carbonyl (C=O) groups excluding carboxylic acids is 2. The second-order valence-electron chi connectivity index (χ2n) is 15.5. The van der Waals surface area contributed by atoms with Gasteiger partial charge in [-0.05, 0) is 88.7 Å². The number of Topliss-reactive ketones (excluding diaryl/α,β-unsaturated/α-hetero) is 1. The van der Waals surface area contributed by atoms with E-state index in [1.165, 1.54) is 83.5 Å². The monoisotopic (exact) mass is 667 g/mol. The van der Waals surface area contributed by atoms with Gasteiger partial charge in [0, 0.05) is 24.9 Å². The second-order valence-corrected chi connectivity index (χ2v) is 15.5. The van der Waals surface area contributed by atoms with Gasteiger partial charge in [0.25, 0.3) is 0 Å². The molecule has 8 nitrogen and oxygen atoms in total. The average molecular weight is 668 g/mol. The fourth-order valence-corrected chi connectivity index (χ4v) is 9.66. The SMILES string of the molecule is CCCCCCCC/C=C/CCCCCCCCOC(=O)OCOC1=C2O[C@H]3C(=O)CC[C@@]4(O)C5CC(C=C1)C2[C@@]34CCN5CC1CC1. The molecule has 4 aliphatic carbocycles. The van der Waals surface area contributed by atoms with Crippen molar-refractivity contribution in [1.82, 2.24) is 4.90 Å². The number of aliphatic hydroxyl groups is 1. The Kier molecular flexibility index (Phi) is 12.3. The van der Waals surface area contributed by atoms with Gasteiger partial charge in [0.2, 0.25) is 6.79 Å². The van der Waals surface area contributed by atoms with Crippen LogP contribution in [-0.4, -0.2) is 66.2 Å². The molecule has 2 aliphatic heterocycles. The number of unbranched alkanes of at least 4 members (excludes halogenated alkanes) is 12. The summed E-state index contributed by atoms with van der Waals surface area (Å²) in [5.41, 5.74) is -1.59. The summed E-state index contributed by atoms with van der Waals surface area (Å²) in [6.07, 6.45) is 29.6. The van der Waals surface area contributed by atoms with Crippen LogP contribution >= 0.6 is 0 Å². The number of hydrogen-bond donors (Lipinski definition) is 1. The highest BCUT2D eigenvalue weighted by Crippen LogP contribution is 2.69. The van der Waals surface area contributed by atoms with Crippen LogP contribution in [0.3, 0.4) is 0 Å². The maximum Gasteiger partial charge on any atom is 0.511 e. The average Bonchev–Trinajstić information content (AvgIpc) is 3.83. The van der Waals surface area contributed by atoms with Crippen LogP contribution < -0.4 is 0 Å². The standard InChI is InChI=1S/C40H61NO7/c1-2-3-4-5-6-7-8-9-10-11-12-13-14-15-16-17-26-45-38(43)47-29-46-33-21-20-31-27-34-40(44)23-22-32(42)37-39(40,35(31)36(33)48-37)24-25-41(34)28-30-18-19-30/h9-10,20-21,30-31,34-35,37,44H,2-8,11-19,22-29H2,1H3/b10-9+/t31?,34?,35?,37-,39-,40+/m0/s1. The van der Waals surface area contributed by atoms with E-state index in [1.54, 1.807) is 0 Å². The minimum Gasteiger partial charge on any atom is -0.482 e. The normalized spacial score (nSPS) is 32.0. The van der Waals surface area contributed by atoms with Gasteiger partial charge in [-0.3, -0.25) is 9.69 Å². The van der Waals surface area contributed by atoms with Crippen LogP contribution in [0.4, 0.5) is 4.79 Å². The third-order valence-electron chi connectivity index (χ3n) is 12.3. The zero-order chi connectivity index (χ0) is 33.4. The Bertz CT molecular complexity index is 1190. The van der Waals surface area contributed by atoms with Gasteiger partial charge in [0.15, 0.2) is 17.6 Å². The van der Waals surface area contributed by atoms with Crippen molar-refractivity contribution < 1.29 is 33.6 Å². The molecule has 6 rings (SSSR count). The van der Waals surface area contributed by atoms with E-state index in [0.29, 0.717) is 31.0 Å². The van der Waals surface area contributed by atoms with E-state index in [1.807, 2.05) is 6.08 Å². The highest BCUT2D eigenvalue weighted by atomic mass is 16.8. The summed E-state index contributed by atoms with van der Waals surface area (Å²) in [6, 6.07) is 0.0451. The van der Waals surface area contributed by atoms with E-state index < -0.39 is 23.3 Å². The molecular formula is C40H61NO7. The van der Waals surface area contributed by atoms with Crippen LogP contribution in [-0.2, 0) is 23.7 Å². The Balaban J connectivity index is 0.867. The van der Waals surface area contributed by atoms with Crippen molar-refractivity contribution >= 4 is 11.9 Å². The molecule has 2 bridgehead atoms. The molecule has 6 aliphatic rings. The Labute approximate surface area is 288 Å². The molecule has 0 aromatic heterocycles. The molecule has 2 saturated heterocycles. The predicted molar refractivity (Wildman–Crippen MR) is 185 cm³/mol. The van der Waals surface area contributed by atoms with Gasteiger partial charge in [0.05, 0.1) is 17.6 Å². The first-order valence-corrected chi connectivity index (χ1v) is 19.6. The maximum atomic E-state index is 13.3. The van der Waals surface area contributed by atoms with Gasteiger partial charge < -0.3 is 24.1 Å². The van der Waals surface area contributed by atoms with Crippen molar-refractivity contribution in [2.45, 2.75) is 153 Å². The molecule has 1 N–H and O–H groups in total. The van der Waals surface area contributed by atoms with Crippen molar-refractivity contribution in [3.63, 3.8) is 0 Å². The van der Waals surface area contributed by atoms with E-state index in [9.17, 15) is 14.7 Å². The number of allylic oxidation sites excluding steroid dienone is 5. The molecule has 5 fully saturated rings. The predicted octanol–water partition coefficient (Wildman–Crippen LogP) is 8.53. The highest BCUT2D eigenvalue weighted by molar-refractivity contribution is 5.87. The number of ether oxygens (including phenoxy) is 4. The first kappa shape index (κ1) is 35.5. The molecule has 3 saturated carbocycles. The number of likely N-dealkylation sites (tertiary alicyclic amines) is 1. The Morgan fingerprint density at radius 3 is 2.42 bits per heavy atom. The third-order valence-corrected chi connectivity index (χ3v) is 12.3. The third kappa shape index (κ3) is 7.70. The smallest absolute Gasteiger partial charge is 0.482 e. The number of ketones is 1. The summed E-state index contributed by atoms with van der Waals surface area (Å²) in [7, 11) is 0. The number of nitrogens with zero attached hydrogens (tertiary/aromatic N) is 1. The first-order chi connectivity index (χ1) is 23.5. The lowest BCUT2D eigenvalue weighted by molar-refractivity contribution is -0.244. The quantitative estimate of drug-likeness (QED) is 0.0564. The molecule has 48 heavy (non-hydrogen) atoms. The van der Waals surface area contributed by atoms with Crippen LogP contribution in [0.5, 0.6) is 0 Å². The minimum atomic E-state index is -0.956. The number of carbonyl (C=O) groups is 2. The van der Waals surface area contributed by atoms with E-state index in [4.69, 9.17) is 18.9 Å². The molecule has 0 radical (unpaired) electrons. The van der Waals surface area contributed by atoms with Gasteiger partial charge >= 0.3 is 6.16 Å². The summed E-state index contributed by atoms with van der Waals surface area (Å²) in [5.74, 6) is 2.05. The zero-order valence-corrected chi connectivity index (χ0v) is 29.5. The minimum absolute atomic E-state index is 0.0451. The number of hydrogen-bond acceptors (Lipinski definition) is 8. The summed E-state index contributed by atoms with van der Waals surface area (Å²) < 4.78 is 22.9. The van der Waals surface area contributed by atoms with E-state index in [2.05, 4.69) is 30.1 Å². The lowest BCUT2D eigenvalue weighted by atomic mass is 9.44. The number of rotatable bonds is 21. The molecule has 268 valence electrons. The topological polar surface area (TPSA) is 94.5 Å². The maximum absolute atomic E-state index is 13.3. The number of piperidine rings is 1. The van der Waals surface area contributed by atoms with E-state index in [-0.39, 0.29) is 30.5 Å². The highest BCUT2D eigenvalue weighted by Gasteiger charge is 2.77. The van der Waals surface area contributed by atoms with Gasteiger partial charge in [0.1, 0.15) is 5.76 Å². The lowest BCUT2D eigenvalue weighted by Crippen LogP contribution is -2.76. The van der Waals surface area contributed by atoms with Crippen LogP contribution in [0, 0.1) is 23.2 Å². The molecule has 6 atom stereocenters. The van der Waals surface area contributed by atoms with Crippen molar-refractivity contribution in [1.29, 1.82) is 0 Å². The Morgan fingerprint density at radius 2 is 1.69 bits per heavy atom.